The predicted molar refractivity (Wildman–Crippen MR) is 60.5 cm³/mol. The minimum atomic E-state index is -1.43. The van der Waals surface area contributed by atoms with Crippen LogP contribution in [0.25, 0.3) is 0 Å². The second kappa shape index (κ2) is 10.5. The van der Waals surface area contributed by atoms with Gasteiger partial charge in [-0.15, -0.1) is 0 Å². The van der Waals surface area contributed by atoms with E-state index in [0.717, 1.165) is 0 Å². The van der Waals surface area contributed by atoms with Crippen molar-refractivity contribution >= 4 is 5.97 Å². The van der Waals surface area contributed by atoms with Gasteiger partial charge in [0.05, 0.1) is 19.8 Å². The van der Waals surface area contributed by atoms with Crippen molar-refractivity contribution in [2.45, 2.75) is 33.2 Å². The second-order valence-electron chi connectivity index (χ2n) is 3.09. The molecule has 0 aromatic carbocycles. The van der Waals surface area contributed by atoms with E-state index in [1.807, 2.05) is 6.92 Å². The Morgan fingerprint density at radius 3 is 2.29 bits per heavy atom. The van der Waals surface area contributed by atoms with E-state index >= 15 is 0 Å². The Morgan fingerprint density at radius 1 is 1.06 bits per heavy atom. The van der Waals surface area contributed by atoms with Crippen molar-refractivity contribution in [1.29, 1.82) is 0 Å². The van der Waals surface area contributed by atoms with Gasteiger partial charge >= 0.3 is 5.97 Å². The third-order valence-corrected chi connectivity index (χ3v) is 1.83. The molecule has 0 aliphatic carbocycles. The maximum absolute atomic E-state index is 11.3. The van der Waals surface area contributed by atoms with Crippen LogP contribution in [0, 0.1) is 0 Å². The molecule has 0 aromatic heterocycles. The van der Waals surface area contributed by atoms with E-state index in [1.165, 1.54) is 0 Å². The zero-order chi connectivity index (χ0) is 13.1. The van der Waals surface area contributed by atoms with Gasteiger partial charge < -0.3 is 24.1 Å². The van der Waals surface area contributed by atoms with E-state index in [-0.39, 0.29) is 13.2 Å². The van der Waals surface area contributed by atoms with Gasteiger partial charge in [-0.1, -0.05) is 0 Å². The first-order chi connectivity index (χ1) is 8.17. The molecule has 0 radical (unpaired) electrons. The third-order valence-electron chi connectivity index (χ3n) is 1.83. The molecule has 0 aliphatic rings. The minimum absolute atomic E-state index is 0.202. The summed E-state index contributed by atoms with van der Waals surface area (Å²) in [4.78, 5) is 11.3. The van der Waals surface area contributed by atoms with Gasteiger partial charge in [0.25, 0.3) is 0 Å². The lowest BCUT2D eigenvalue weighted by Crippen LogP contribution is -2.39. The number of hydrogen-bond donors (Lipinski definition) is 1. The van der Waals surface area contributed by atoms with Crippen LogP contribution in [0.1, 0.15) is 20.8 Å². The van der Waals surface area contributed by atoms with E-state index in [4.69, 9.17) is 14.2 Å². The Labute approximate surface area is 102 Å². The first-order valence-corrected chi connectivity index (χ1v) is 5.82. The quantitative estimate of drug-likeness (QED) is 0.342. The summed E-state index contributed by atoms with van der Waals surface area (Å²) in [6.45, 7) is 7.03. The van der Waals surface area contributed by atoms with Gasteiger partial charge in [0, 0.05) is 13.2 Å². The molecule has 0 spiro atoms. The van der Waals surface area contributed by atoms with Gasteiger partial charge in [0.15, 0.2) is 6.29 Å². The molecule has 0 amide bonds. The van der Waals surface area contributed by atoms with Gasteiger partial charge in [0.1, 0.15) is 0 Å². The van der Waals surface area contributed by atoms with Gasteiger partial charge in [0.2, 0.25) is 6.10 Å². The summed E-state index contributed by atoms with van der Waals surface area (Å²) < 4.78 is 20.1. The van der Waals surface area contributed by atoms with E-state index in [1.54, 1.807) is 13.8 Å². The van der Waals surface area contributed by atoms with Gasteiger partial charge in [-0.2, -0.15) is 0 Å². The number of carbonyl (C=O) groups is 1. The molecule has 6 heteroatoms. The van der Waals surface area contributed by atoms with Crippen LogP contribution in [0.2, 0.25) is 0 Å². The lowest BCUT2D eigenvalue weighted by Gasteiger charge is -2.21. The van der Waals surface area contributed by atoms with E-state index in [0.29, 0.717) is 19.8 Å². The average molecular weight is 250 g/mol. The molecule has 0 saturated heterocycles. The number of hydrogen-bond acceptors (Lipinski definition) is 6. The second-order valence-corrected chi connectivity index (χ2v) is 3.09. The van der Waals surface area contributed by atoms with E-state index in [2.05, 4.69) is 4.74 Å². The zero-order valence-corrected chi connectivity index (χ0v) is 10.7. The van der Waals surface area contributed by atoms with Crippen LogP contribution < -0.4 is 0 Å². The number of rotatable bonds is 10. The highest BCUT2D eigenvalue weighted by molar-refractivity contribution is 5.74. The van der Waals surface area contributed by atoms with Crippen molar-refractivity contribution in [3.05, 3.63) is 0 Å². The number of aliphatic hydroxyl groups excluding tert-OH is 1. The summed E-state index contributed by atoms with van der Waals surface area (Å²) in [5.74, 6) is -0.748. The predicted octanol–water partition coefficient (Wildman–Crippen LogP) is 0.326. The third kappa shape index (κ3) is 7.27. The summed E-state index contributed by atoms with van der Waals surface area (Å²) in [6.07, 6.45) is -2.45. The highest BCUT2D eigenvalue weighted by Gasteiger charge is 2.28. The van der Waals surface area contributed by atoms with Crippen molar-refractivity contribution in [2.75, 3.05) is 33.0 Å². The average Bonchev–Trinajstić information content (AvgIpc) is 2.32. The van der Waals surface area contributed by atoms with Crippen molar-refractivity contribution in [3.63, 3.8) is 0 Å². The lowest BCUT2D eigenvalue weighted by atomic mass is 10.3. The van der Waals surface area contributed by atoms with Crippen LogP contribution in [0.15, 0.2) is 0 Å². The van der Waals surface area contributed by atoms with Crippen LogP contribution in [0.3, 0.4) is 0 Å². The SMILES string of the molecule is CCOCCOC(OCC)C(O)C(=O)OCC. The summed E-state index contributed by atoms with van der Waals surface area (Å²) in [5, 5.41) is 9.63. The summed E-state index contributed by atoms with van der Waals surface area (Å²) in [6, 6.07) is 0. The Kier molecular flexibility index (Phi) is 10.0. The number of carbonyl (C=O) groups excluding carboxylic acids is 1. The number of ether oxygens (including phenoxy) is 4. The number of aliphatic hydroxyl groups is 1. The topological polar surface area (TPSA) is 74.2 Å². The Hall–Kier alpha value is -0.690. The Bertz CT molecular complexity index is 196. The number of esters is 1. The van der Waals surface area contributed by atoms with Crippen LogP contribution in [-0.2, 0) is 23.7 Å². The molecule has 0 rings (SSSR count). The molecule has 17 heavy (non-hydrogen) atoms. The van der Waals surface area contributed by atoms with Crippen LogP contribution >= 0.6 is 0 Å². The van der Waals surface area contributed by atoms with Crippen LogP contribution in [-0.4, -0.2) is 56.5 Å². The molecule has 1 N–H and O–H groups in total. The van der Waals surface area contributed by atoms with E-state index in [9.17, 15) is 9.90 Å². The molecule has 2 unspecified atom stereocenters. The summed E-state index contributed by atoms with van der Waals surface area (Å²) in [5.41, 5.74) is 0. The fraction of sp³-hybridized carbons (Fsp3) is 0.909. The Morgan fingerprint density at radius 2 is 1.76 bits per heavy atom. The molecular weight excluding hydrogens is 228 g/mol. The molecule has 0 aliphatic heterocycles. The lowest BCUT2D eigenvalue weighted by molar-refractivity contribution is -0.210. The standard InChI is InChI=1S/C11H22O6/c1-4-14-7-8-17-11(16-6-3)9(12)10(13)15-5-2/h9,11-12H,4-8H2,1-3H3. The van der Waals surface area contributed by atoms with E-state index < -0.39 is 18.4 Å². The monoisotopic (exact) mass is 250 g/mol. The summed E-state index contributed by atoms with van der Waals surface area (Å²) in [7, 11) is 0. The minimum Gasteiger partial charge on any atom is -0.464 e. The first-order valence-electron chi connectivity index (χ1n) is 5.82. The van der Waals surface area contributed by atoms with Gasteiger partial charge in [-0.25, -0.2) is 4.79 Å². The van der Waals surface area contributed by atoms with Crippen molar-refractivity contribution in [1.82, 2.24) is 0 Å². The molecule has 0 heterocycles. The van der Waals surface area contributed by atoms with Gasteiger partial charge in [-0.05, 0) is 20.8 Å². The van der Waals surface area contributed by atoms with Crippen molar-refractivity contribution in [3.8, 4) is 0 Å². The fourth-order valence-electron chi connectivity index (χ4n) is 1.10. The smallest absolute Gasteiger partial charge is 0.340 e. The zero-order valence-electron chi connectivity index (χ0n) is 10.7. The molecule has 0 bridgehead atoms. The van der Waals surface area contributed by atoms with Crippen LogP contribution in [0.5, 0.6) is 0 Å². The van der Waals surface area contributed by atoms with Crippen molar-refractivity contribution < 1.29 is 28.8 Å². The fourth-order valence-corrected chi connectivity index (χ4v) is 1.10. The highest BCUT2D eigenvalue weighted by atomic mass is 16.7. The molecule has 0 saturated carbocycles. The van der Waals surface area contributed by atoms with Crippen LogP contribution in [0.4, 0.5) is 0 Å². The molecule has 6 nitrogen and oxygen atoms in total. The molecule has 2 atom stereocenters. The maximum Gasteiger partial charge on any atom is 0.340 e. The molecule has 102 valence electrons. The summed E-state index contributed by atoms with van der Waals surface area (Å²) >= 11 is 0. The van der Waals surface area contributed by atoms with Crippen molar-refractivity contribution in [2.24, 2.45) is 0 Å². The molecule has 0 aromatic rings. The largest absolute Gasteiger partial charge is 0.464 e. The normalized spacial score (nSPS) is 14.4. The molecule has 0 fully saturated rings. The molecular formula is C11H22O6. The maximum atomic E-state index is 11.3. The Balaban J connectivity index is 4.05. The van der Waals surface area contributed by atoms with Gasteiger partial charge in [-0.3, -0.25) is 0 Å². The first kappa shape index (κ1) is 16.3. The highest BCUT2D eigenvalue weighted by Crippen LogP contribution is 2.04.